The number of hydrogen-bond acceptors (Lipinski definition) is 4. The summed E-state index contributed by atoms with van der Waals surface area (Å²) in [4.78, 5) is 18.7. The van der Waals surface area contributed by atoms with Gasteiger partial charge in [-0.1, -0.05) is 6.07 Å². The number of thiophene rings is 1. The Kier molecular flexibility index (Phi) is 4.17. The van der Waals surface area contributed by atoms with E-state index in [0.29, 0.717) is 13.1 Å². The highest BCUT2D eigenvalue weighted by molar-refractivity contribution is 7.21. The lowest BCUT2D eigenvalue weighted by molar-refractivity contribution is -0.121. The Morgan fingerprint density at radius 3 is 2.86 bits per heavy atom. The van der Waals surface area contributed by atoms with Crippen LogP contribution in [0.4, 0.5) is 0 Å². The molecular weight excluding hydrogens is 302 g/mol. The summed E-state index contributed by atoms with van der Waals surface area (Å²) < 4.78 is 1.85. The van der Waals surface area contributed by atoms with Gasteiger partial charge in [0.1, 0.15) is 11.6 Å². The minimum absolute atomic E-state index is 0.0108. The van der Waals surface area contributed by atoms with Crippen molar-refractivity contribution in [1.29, 1.82) is 0 Å². The number of carbonyl (C=O) groups excluding carboxylic acids is 1. The molecule has 0 bridgehead atoms. The zero-order valence-electron chi connectivity index (χ0n) is 11.6. The second-order valence-corrected chi connectivity index (χ2v) is 6.67. The first kappa shape index (κ1) is 14.0. The first-order valence-electron chi connectivity index (χ1n) is 6.60. The van der Waals surface area contributed by atoms with E-state index in [4.69, 9.17) is 0 Å². The highest BCUT2D eigenvalue weighted by Gasteiger charge is 2.11. The molecule has 3 aromatic rings. The molecule has 0 unspecified atom stereocenters. The molecule has 1 N–H and O–H groups in total. The van der Waals surface area contributed by atoms with Crippen LogP contribution in [-0.2, 0) is 17.9 Å². The van der Waals surface area contributed by atoms with Crippen LogP contribution in [-0.4, -0.2) is 15.5 Å². The Morgan fingerprint density at radius 2 is 2.14 bits per heavy atom. The normalized spacial score (nSPS) is 10.7. The fraction of sp³-hybridized carbons (Fsp3) is 0.200. The van der Waals surface area contributed by atoms with E-state index in [2.05, 4.69) is 16.4 Å². The molecule has 3 heterocycles. The summed E-state index contributed by atoms with van der Waals surface area (Å²) in [6, 6.07) is 7.91. The molecule has 21 heavy (non-hydrogen) atoms. The number of carbonyl (C=O) groups is 1. The van der Waals surface area contributed by atoms with Crippen molar-refractivity contribution in [2.45, 2.75) is 20.0 Å². The van der Waals surface area contributed by atoms with Gasteiger partial charge in [0.2, 0.25) is 5.91 Å². The topological polar surface area (TPSA) is 46.9 Å². The summed E-state index contributed by atoms with van der Waals surface area (Å²) in [6.45, 7) is 2.87. The third-order valence-electron chi connectivity index (χ3n) is 3.06. The van der Waals surface area contributed by atoms with E-state index in [1.807, 2.05) is 47.5 Å². The molecular formula is C15H15N3OS2. The third kappa shape index (κ3) is 3.40. The summed E-state index contributed by atoms with van der Waals surface area (Å²) in [6.07, 6.45) is 3.76. The molecule has 1 amide bonds. The van der Waals surface area contributed by atoms with Crippen molar-refractivity contribution in [3.05, 3.63) is 52.6 Å². The van der Waals surface area contributed by atoms with Crippen LogP contribution in [0.5, 0.6) is 0 Å². The van der Waals surface area contributed by atoms with Gasteiger partial charge < -0.3 is 9.88 Å². The van der Waals surface area contributed by atoms with Gasteiger partial charge in [0.15, 0.2) is 0 Å². The van der Waals surface area contributed by atoms with E-state index in [0.717, 1.165) is 15.6 Å². The van der Waals surface area contributed by atoms with Crippen LogP contribution >= 0.6 is 22.7 Å². The van der Waals surface area contributed by atoms with E-state index >= 15 is 0 Å². The van der Waals surface area contributed by atoms with Crippen LogP contribution in [0.2, 0.25) is 0 Å². The number of rotatable bonds is 5. The summed E-state index contributed by atoms with van der Waals surface area (Å²) in [5.74, 6) is 0.0108. The first-order chi connectivity index (χ1) is 10.2. The lowest BCUT2D eigenvalue weighted by Crippen LogP contribution is -2.26. The van der Waals surface area contributed by atoms with Gasteiger partial charge in [-0.15, -0.1) is 22.7 Å². The van der Waals surface area contributed by atoms with Crippen molar-refractivity contribution in [2.75, 3.05) is 0 Å². The van der Waals surface area contributed by atoms with Crippen LogP contribution < -0.4 is 5.32 Å². The lowest BCUT2D eigenvalue weighted by atomic mass is 10.4. The van der Waals surface area contributed by atoms with Crippen molar-refractivity contribution < 1.29 is 4.79 Å². The zero-order valence-corrected chi connectivity index (χ0v) is 13.2. The van der Waals surface area contributed by atoms with Crippen LogP contribution in [0.3, 0.4) is 0 Å². The van der Waals surface area contributed by atoms with Crippen LogP contribution in [0.25, 0.3) is 9.88 Å². The number of nitrogens with zero attached hydrogens (tertiary/aromatic N) is 2. The first-order valence-corrected chi connectivity index (χ1v) is 8.29. The summed E-state index contributed by atoms with van der Waals surface area (Å²) >= 11 is 3.33. The van der Waals surface area contributed by atoms with Crippen molar-refractivity contribution in [1.82, 2.24) is 14.9 Å². The van der Waals surface area contributed by atoms with Crippen molar-refractivity contribution in [3.63, 3.8) is 0 Å². The highest BCUT2D eigenvalue weighted by atomic mass is 32.1. The largest absolute Gasteiger partial charge is 0.350 e. The van der Waals surface area contributed by atoms with Gasteiger partial charge in [-0.25, -0.2) is 4.98 Å². The van der Waals surface area contributed by atoms with E-state index in [1.165, 1.54) is 4.88 Å². The molecule has 0 spiro atoms. The molecule has 3 aromatic heterocycles. The van der Waals surface area contributed by atoms with Crippen molar-refractivity contribution in [3.8, 4) is 9.88 Å². The maximum absolute atomic E-state index is 11.9. The molecule has 6 heteroatoms. The van der Waals surface area contributed by atoms with Crippen LogP contribution in [0.1, 0.15) is 10.6 Å². The van der Waals surface area contributed by atoms with Crippen LogP contribution in [0.15, 0.2) is 42.0 Å². The number of hydrogen-bond donors (Lipinski definition) is 1. The number of amides is 1. The maximum atomic E-state index is 11.9. The molecule has 0 atom stereocenters. The summed E-state index contributed by atoms with van der Waals surface area (Å²) in [5.41, 5.74) is 0.990. The fourth-order valence-electron chi connectivity index (χ4n) is 1.97. The van der Waals surface area contributed by atoms with E-state index in [1.54, 1.807) is 22.7 Å². The Balaban J connectivity index is 1.61. The summed E-state index contributed by atoms with van der Waals surface area (Å²) in [5, 5.41) is 6.02. The Labute approximate surface area is 131 Å². The van der Waals surface area contributed by atoms with Gasteiger partial charge in [0.25, 0.3) is 0 Å². The maximum Gasteiger partial charge on any atom is 0.240 e. The van der Waals surface area contributed by atoms with Crippen LogP contribution in [0, 0.1) is 6.92 Å². The minimum Gasteiger partial charge on any atom is -0.350 e. The van der Waals surface area contributed by atoms with Gasteiger partial charge in [-0.3, -0.25) is 4.79 Å². The molecule has 3 rings (SSSR count). The van der Waals surface area contributed by atoms with Gasteiger partial charge in [0, 0.05) is 17.3 Å². The minimum atomic E-state index is 0.0108. The molecule has 0 aromatic carbocycles. The second kappa shape index (κ2) is 6.24. The average Bonchev–Trinajstić information content (AvgIpc) is 3.17. The molecule has 4 nitrogen and oxygen atoms in total. The fourth-order valence-corrected chi connectivity index (χ4v) is 3.77. The van der Waals surface area contributed by atoms with Crippen molar-refractivity contribution in [2.24, 2.45) is 0 Å². The number of aromatic nitrogens is 2. The number of nitrogens with one attached hydrogen (secondary N) is 1. The highest BCUT2D eigenvalue weighted by Crippen LogP contribution is 2.30. The Morgan fingerprint density at radius 1 is 1.33 bits per heavy atom. The van der Waals surface area contributed by atoms with E-state index in [9.17, 15) is 4.79 Å². The molecule has 0 aliphatic rings. The van der Waals surface area contributed by atoms with Crippen molar-refractivity contribution >= 4 is 28.6 Å². The summed E-state index contributed by atoms with van der Waals surface area (Å²) in [7, 11) is 0. The standard InChI is InChI=1S/C15H15N3OS2/c1-11-13(21-15(17-11)12-5-4-8-20-12)9-16-14(19)10-18-6-2-3-7-18/h2-8H,9-10H2,1H3,(H,16,19). The predicted molar refractivity (Wildman–Crippen MR) is 86.4 cm³/mol. The SMILES string of the molecule is Cc1nc(-c2cccs2)sc1CNC(=O)Cn1cccc1. The van der Waals surface area contributed by atoms with E-state index < -0.39 is 0 Å². The van der Waals surface area contributed by atoms with Gasteiger partial charge in [-0.05, 0) is 30.5 Å². The molecule has 0 aliphatic carbocycles. The molecule has 0 fully saturated rings. The molecule has 108 valence electrons. The molecule has 0 saturated heterocycles. The van der Waals surface area contributed by atoms with Gasteiger partial charge in [0.05, 0.1) is 17.1 Å². The zero-order chi connectivity index (χ0) is 14.7. The Hall–Kier alpha value is -1.92. The van der Waals surface area contributed by atoms with Gasteiger partial charge in [-0.2, -0.15) is 0 Å². The number of aryl methyl sites for hydroxylation is 1. The average molecular weight is 317 g/mol. The number of thiazole rings is 1. The third-order valence-corrected chi connectivity index (χ3v) is 5.26. The van der Waals surface area contributed by atoms with E-state index in [-0.39, 0.29) is 5.91 Å². The smallest absolute Gasteiger partial charge is 0.240 e. The molecule has 0 radical (unpaired) electrons. The molecule has 0 aliphatic heterocycles. The lowest BCUT2D eigenvalue weighted by Gasteiger charge is -2.05. The monoisotopic (exact) mass is 317 g/mol. The quantitative estimate of drug-likeness (QED) is 0.785. The predicted octanol–water partition coefficient (Wildman–Crippen LogP) is 3.30. The molecule has 0 saturated carbocycles. The second-order valence-electron chi connectivity index (χ2n) is 4.64. The Bertz CT molecular complexity index is 714. The van der Waals surface area contributed by atoms with Gasteiger partial charge >= 0.3 is 0 Å².